The number of aromatic nitrogens is 3. The van der Waals surface area contributed by atoms with Crippen molar-refractivity contribution in [1.82, 2.24) is 19.7 Å². The predicted molar refractivity (Wildman–Crippen MR) is 84.5 cm³/mol. The van der Waals surface area contributed by atoms with Crippen molar-refractivity contribution in [3.63, 3.8) is 0 Å². The highest BCUT2D eigenvalue weighted by Crippen LogP contribution is 2.33. The van der Waals surface area contributed by atoms with E-state index in [1.165, 1.54) is 6.07 Å². The number of nitrogens with one attached hydrogen (secondary N) is 1. The Morgan fingerprint density at radius 2 is 2.30 bits per heavy atom. The number of nitrogens with zero attached hydrogens (tertiary/aromatic N) is 3. The second kappa shape index (κ2) is 5.22. The zero-order chi connectivity index (χ0) is 16.0. The van der Waals surface area contributed by atoms with Crippen molar-refractivity contribution < 1.29 is 9.18 Å². The van der Waals surface area contributed by atoms with Crippen LogP contribution in [0.4, 0.5) is 4.39 Å². The molecule has 118 valence electrons. The second-order valence-electron chi connectivity index (χ2n) is 5.99. The largest absolute Gasteiger partial charge is 0.350 e. The van der Waals surface area contributed by atoms with Crippen molar-refractivity contribution in [2.45, 2.75) is 18.9 Å². The highest BCUT2D eigenvalue weighted by molar-refractivity contribution is 5.98. The molecule has 1 N–H and O–H groups in total. The molecule has 2 aromatic heterocycles. The number of carbonyl (C=O) groups is 1. The number of carbonyl (C=O) groups excluding carboxylic acids is 1. The lowest BCUT2D eigenvalue weighted by Gasteiger charge is -2.23. The Kier molecular flexibility index (Phi) is 3.18. The van der Waals surface area contributed by atoms with E-state index in [1.54, 1.807) is 29.1 Å². The minimum atomic E-state index is -0.317. The average molecular weight is 312 g/mol. The van der Waals surface area contributed by atoms with E-state index in [0.717, 1.165) is 18.4 Å². The van der Waals surface area contributed by atoms with Crippen LogP contribution in [0.2, 0.25) is 0 Å². The Morgan fingerprint density at radius 1 is 1.43 bits per heavy atom. The van der Waals surface area contributed by atoms with Crippen LogP contribution in [-0.4, -0.2) is 32.1 Å². The molecule has 1 fully saturated rings. The summed E-state index contributed by atoms with van der Waals surface area (Å²) in [5, 5.41) is 4.65. The smallest absolute Gasteiger partial charge is 0.270 e. The lowest BCUT2D eigenvalue weighted by atomic mass is 10.1. The number of halogens is 1. The summed E-state index contributed by atoms with van der Waals surface area (Å²) in [6, 6.07) is 6.45. The van der Waals surface area contributed by atoms with Crippen molar-refractivity contribution in [2.24, 2.45) is 7.05 Å². The lowest BCUT2D eigenvalue weighted by Crippen LogP contribution is -2.30. The van der Waals surface area contributed by atoms with Crippen LogP contribution in [0.25, 0.3) is 10.9 Å². The molecule has 23 heavy (non-hydrogen) atoms. The molecule has 0 aliphatic carbocycles. The van der Waals surface area contributed by atoms with Crippen LogP contribution >= 0.6 is 0 Å². The van der Waals surface area contributed by atoms with E-state index >= 15 is 0 Å². The third-order valence-corrected chi connectivity index (χ3v) is 4.46. The van der Waals surface area contributed by atoms with E-state index in [4.69, 9.17) is 0 Å². The van der Waals surface area contributed by atoms with Crippen molar-refractivity contribution in [1.29, 1.82) is 0 Å². The number of rotatable bonds is 2. The molecule has 1 aromatic carbocycles. The number of fused-ring (bicyclic) bond motifs is 1. The van der Waals surface area contributed by atoms with Gasteiger partial charge in [0.15, 0.2) is 0 Å². The zero-order valence-electron chi connectivity index (χ0n) is 12.8. The highest BCUT2D eigenvalue weighted by atomic mass is 19.1. The predicted octanol–water partition coefficient (Wildman–Crippen LogP) is 3.02. The van der Waals surface area contributed by atoms with Crippen molar-refractivity contribution in [2.75, 3.05) is 6.54 Å². The third-order valence-electron chi connectivity index (χ3n) is 4.46. The maximum Gasteiger partial charge on any atom is 0.270 e. The van der Waals surface area contributed by atoms with Gasteiger partial charge < -0.3 is 9.88 Å². The summed E-state index contributed by atoms with van der Waals surface area (Å²) in [7, 11) is 1.87. The minimum Gasteiger partial charge on any atom is -0.350 e. The minimum absolute atomic E-state index is 0.0347. The van der Waals surface area contributed by atoms with E-state index in [2.05, 4.69) is 10.1 Å². The molecule has 1 aliphatic heterocycles. The Bertz CT molecular complexity index is 882. The van der Waals surface area contributed by atoms with Crippen molar-refractivity contribution in [3.05, 3.63) is 53.7 Å². The molecule has 1 saturated heterocycles. The molecular formula is C17H17FN4O. The summed E-state index contributed by atoms with van der Waals surface area (Å²) in [6.07, 6.45) is 5.63. The molecular weight excluding hydrogens is 295 g/mol. The fourth-order valence-electron chi connectivity index (χ4n) is 3.36. The number of hydrogen-bond donors (Lipinski definition) is 1. The van der Waals surface area contributed by atoms with Crippen LogP contribution < -0.4 is 0 Å². The number of H-pyrrole nitrogens is 1. The Morgan fingerprint density at radius 3 is 3.04 bits per heavy atom. The SMILES string of the molecule is Cn1cc([C@H]2CCCN2C(=O)c2cc3c(F)cccc3[nH]2)cn1. The molecule has 1 aliphatic rings. The Hall–Kier alpha value is -2.63. The fraction of sp³-hybridized carbons (Fsp3) is 0.294. The van der Waals surface area contributed by atoms with Gasteiger partial charge in [-0.2, -0.15) is 5.10 Å². The monoisotopic (exact) mass is 312 g/mol. The first-order chi connectivity index (χ1) is 11.1. The van der Waals surface area contributed by atoms with Gasteiger partial charge in [-0.3, -0.25) is 9.48 Å². The molecule has 0 unspecified atom stereocenters. The van der Waals surface area contributed by atoms with Crippen LogP contribution in [0, 0.1) is 5.82 Å². The van der Waals surface area contributed by atoms with Crippen molar-refractivity contribution in [3.8, 4) is 0 Å². The quantitative estimate of drug-likeness (QED) is 0.791. The summed E-state index contributed by atoms with van der Waals surface area (Å²) in [5.74, 6) is -0.407. The highest BCUT2D eigenvalue weighted by Gasteiger charge is 2.32. The van der Waals surface area contributed by atoms with E-state index < -0.39 is 0 Å². The number of aromatic amines is 1. The molecule has 4 rings (SSSR count). The maximum absolute atomic E-state index is 13.8. The average Bonchev–Trinajstić information content (AvgIpc) is 3.24. The standard InChI is InChI=1S/C17H17FN4O/c1-21-10-11(9-19-21)16-6-3-7-22(16)17(23)15-8-12-13(18)4-2-5-14(12)20-15/h2,4-5,8-10,16,20H,3,6-7H2,1H3/t16-/m1/s1. The Balaban J connectivity index is 1.68. The molecule has 0 radical (unpaired) electrons. The molecule has 1 atom stereocenters. The van der Waals surface area contributed by atoms with Crippen LogP contribution in [0.15, 0.2) is 36.7 Å². The van der Waals surface area contributed by atoms with Gasteiger partial charge in [-0.05, 0) is 31.0 Å². The third kappa shape index (κ3) is 2.30. The normalized spacial score (nSPS) is 18.0. The molecule has 0 saturated carbocycles. The maximum atomic E-state index is 13.8. The molecule has 1 amide bonds. The topological polar surface area (TPSA) is 53.9 Å². The molecule has 6 heteroatoms. The van der Waals surface area contributed by atoms with Crippen LogP contribution in [0.5, 0.6) is 0 Å². The fourth-order valence-corrected chi connectivity index (χ4v) is 3.36. The summed E-state index contributed by atoms with van der Waals surface area (Å²) in [5.41, 5.74) is 2.12. The van der Waals surface area contributed by atoms with Gasteiger partial charge in [0.05, 0.1) is 12.2 Å². The lowest BCUT2D eigenvalue weighted by molar-refractivity contribution is 0.0730. The number of aryl methyl sites for hydroxylation is 1. The molecule has 0 spiro atoms. The summed E-state index contributed by atoms with van der Waals surface area (Å²) < 4.78 is 15.6. The first kappa shape index (κ1) is 14.0. The van der Waals surface area contributed by atoms with E-state index in [1.807, 2.05) is 18.1 Å². The van der Waals surface area contributed by atoms with Gasteiger partial charge in [-0.1, -0.05) is 6.07 Å². The number of amides is 1. The van der Waals surface area contributed by atoms with E-state index in [9.17, 15) is 9.18 Å². The van der Waals surface area contributed by atoms with Gasteiger partial charge in [-0.15, -0.1) is 0 Å². The first-order valence-corrected chi connectivity index (χ1v) is 7.70. The molecule has 0 bridgehead atoms. The molecule has 3 heterocycles. The summed E-state index contributed by atoms with van der Waals surface area (Å²) in [6.45, 7) is 0.705. The van der Waals surface area contributed by atoms with Crippen LogP contribution in [0.3, 0.4) is 0 Å². The van der Waals surface area contributed by atoms with Gasteiger partial charge in [-0.25, -0.2) is 4.39 Å². The number of hydrogen-bond acceptors (Lipinski definition) is 2. The molecule has 5 nitrogen and oxygen atoms in total. The Labute approximate surface area is 132 Å². The van der Waals surface area contributed by atoms with Gasteiger partial charge in [0.2, 0.25) is 0 Å². The first-order valence-electron chi connectivity index (χ1n) is 7.70. The second-order valence-corrected chi connectivity index (χ2v) is 5.99. The van der Waals surface area contributed by atoms with Crippen LogP contribution in [0.1, 0.15) is 34.9 Å². The van der Waals surface area contributed by atoms with Gasteiger partial charge in [0, 0.05) is 36.3 Å². The van der Waals surface area contributed by atoms with E-state index in [0.29, 0.717) is 23.1 Å². The van der Waals surface area contributed by atoms with Crippen molar-refractivity contribution >= 4 is 16.8 Å². The van der Waals surface area contributed by atoms with Gasteiger partial charge in [0.25, 0.3) is 5.91 Å². The molecule has 3 aromatic rings. The number of likely N-dealkylation sites (tertiary alicyclic amines) is 1. The van der Waals surface area contributed by atoms with Gasteiger partial charge >= 0.3 is 0 Å². The summed E-state index contributed by atoms with van der Waals surface area (Å²) >= 11 is 0. The summed E-state index contributed by atoms with van der Waals surface area (Å²) in [4.78, 5) is 17.7. The van der Waals surface area contributed by atoms with Crippen LogP contribution in [-0.2, 0) is 7.05 Å². The van der Waals surface area contributed by atoms with Gasteiger partial charge in [0.1, 0.15) is 11.5 Å². The van der Waals surface area contributed by atoms with E-state index in [-0.39, 0.29) is 17.8 Å². The zero-order valence-corrected chi connectivity index (χ0v) is 12.8. The number of benzene rings is 1.